The van der Waals surface area contributed by atoms with E-state index >= 15 is 0 Å². The zero-order valence-electron chi connectivity index (χ0n) is 24.3. The Morgan fingerprint density at radius 3 is 2.23 bits per heavy atom. The van der Waals surface area contributed by atoms with Crippen molar-refractivity contribution in [1.82, 2.24) is 10.2 Å². The number of hydrogen-bond donors (Lipinski definition) is 3. The number of carbonyl (C=O) groups excluding carboxylic acids is 2. The molecule has 228 valence electrons. The second-order valence-corrected chi connectivity index (χ2v) is 10.8. The molecule has 44 heavy (non-hydrogen) atoms. The lowest BCUT2D eigenvalue weighted by Gasteiger charge is -2.31. The van der Waals surface area contributed by atoms with Crippen LogP contribution in [0.5, 0.6) is 5.75 Å². The molecule has 1 aliphatic rings. The number of ether oxygens (including phenoxy) is 1. The van der Waals surface area contributed by atoms with E-state index in [1.165, 1.54) is 5.56 Å². The van der Waals surface area contributed by atoms with Crippen LogP contribution in [0, 0.1) is 11.6 Å². The molecule has 3 N–H and O–H groups in total. The summed E-state index contributed by atoms with van der Waals surface area (Å²) in [7, 11) is 0. The van der Waals surface area contributed by atoms with Gasteiger partial charge in [0.15, 0.2) is 11.6 Å². The van der Waals surface area contributed by atoms with Crippen LogP contribution in [0.1, 0.15) is 34.3 Å². The number of aromatic hydroxyl groups is 1. The molecule has 4 aromatic rings. The van der Waals surface area contributed by atoms with Gasteiger partial charge in [-0.3, -0.25) is 10.1 Å². The van der Waals surface area contributed by atoms with E-state index in [1.807, 2.05) is 66.7 Å². The molecule has 0 radical (unpaired) electrons. The zero-order valence-corrected chi connectivity index (χ0v) is 24.3. The van der Waals surface area contributed by atoms with E-state index in [9.17, 15) is 23.5 Å². The molecule has 0 unspecified atom stereocenters. The molecule has 9 heteroatoms. The molecule has 7 nitrogen and oxygen atoms in total. The molecule has 2 amide bonds. The SMILES string of the molecule is O=C(Nc1ccccc1-c1ccccc1)OC1CCN(CCc2ccc(CCNC(=O)c3ccc(F)c(F)c3O)cc2)CC1. The summed E-state index contributed by atoms with van der Waals surface area (Å²) < 4.78 is 32.4. The van der Waals surface area contributed by atoms with Gasteiger partial charge in [-0.15, -0.1) is 0 Å². The van der Waals surface area contributed by atoms with Crippen molar-refractivity contribution in [2.75, 3.05) is 31.5 Å². The van der Waals surface area contributed by atoms with Gasteiger partial charge in [0.25, 0.3) is 5.91 Å². The van der Waals surface area contributed by atoms with E-state index < -0.39 is 29.4 Å². The third-order valence-corrected chi connectivity index (χ3v) is 7.81. The van der Waals surface area contributed by atoms with Crippen molar-refractivity contribution in [1.29, 1.82) is 0 Å². The Morgan fingerprint density at radius 2 is 1.50 bits per heavy atom. The van der Waals surface area contributed by atoms with Gasteiger partial charge in [0.1, 0.15) is 6.10 Å². The summed E-state index contributed by atoms with van der Waals surface area (Å²) in [5.41, 5.74) is 4.60. The fourth-order valence-electron chi connectivity index (χ4n) is 5.30. The van der Waals surface area contributed by atoms with Crippen LogP contribution in [0.15, 0.2) is 91.0 Å². The summed E-state index contributed by atoms with van der Waals surface area (Å²) in [4.78, 5) is 27.3. The minimum Gasteiger partial charge on any atom is -0.504 e. The predicted molar refractivity (Wildman–Crippen MR) is 166 cm³/mol. The molecule has 1 aliphatic heterocycles. The van der Waals surface area contributed by atoms with Crippen molar-refractivity contribution in [2.45, 2.75) is 31.8 Å². The highest BCUT2D eigenvalue weighted by Gasteiger charge is 2.23. The van der Waals surface area contributed by atoms with E-state index in [0.717, 1.165) is 73.4 Å². The van der Waals surface area contributed by atoms with Gasteiger partial charge in [-0.25, -0.2) is 9.18 Å². The number of nitrogens with one attached hydrogen (secondary N) is 2. The van der Waals surface area contributed by atoms with E-state index in [1.54, 1.807) is 0 Å². The Balaban J connectivity index is 1.01. The van der Waals surface area contributed by atoms with Crippen molar-refractivity contribution >= 4 is 17.7 Å². The number of amides is 2. The minimum absolute atomic E-state index is 0.124. The largest absolute Gasteiger partial charge is 0.504 e. The van der Waals surface area contributed by atoms with Gasteiger partial charge >= 0.3 is 6.09 Å². The third-order valence-electron chi connectivity index (χ3n) is 7.81. The molecule has 0 aromatic heterocycles. The molecule has 5 rings (SSSR count). The molecule has 1 saturated heterocycles. The number of para-hydroxylation sites is 1. The topological polar surface area (TPSA) is 90.9 Å². The maximum absolute atomic E-state index is 13.5. The number of piperidine rings is 1. The lowest BCUT2D eigenvalue weighted by molar-refractivity contribution is 0.0593. The molecular weight excluding hydrogens is 564 g/mol. The number of likely N-dealkylation sites (tertiary alicyclic amines) is 1. The highest BCUT2D eigenvalue weighted by atomic mass is 19.2. The second-order valence-electron chi connectivity index (χ2n) is 10.8. The van der Waals surface area contributed by atoms with E-state index in [4.69, 9.17) is 4.74 Å². The normalized spacial score (nSPS) is 13.8. The van der Waals surface area contributed by atoms with Crippen LogP contribution in [0.2, 0.25) is 0 Å². The molecule has 1 heterocycles. The maximum Gasteiger partial charge on any atom is 0.411 e. The average molecular weight is 600 g/mol. The Hall–Kier alpha value is -4.76. The van der Waals surface area contributed by atoms with Crippen molar-refractivity contribution in [3.63, 3.8) is 0 Å². The number of anilines is 1. The number of nitrogens with zero attached hydrogens (tertiary/aromatic N) is 1. The maximum atomic E-state index is 13.5. The third kappa shape index (κ3) is 7.99. The number of carbonyl (C=O) groups is 2. The van der Waals surface area contributed by atoms with E-state index in [0.29, 0.717) is 6.42 Å². The van der Waals surface area contributed by atoms with Crippen LogP contribution >= 0.6 is 0 Å². The van der Waals surface area contributed by atoms with Gasteiger partial charge in [-0.2, -0.15) is 4.39 Å². The Kier molecular flexibility index (Phi) is 10.2. The highest BCUT2D eigenvalue weighted by molar-refractivity contribution is 5.96. The number of hydrogen-bond acceptors (Lipinski definition) is 5. The number of phenolic OH excluding ortho intramolecular Hbond substituents is 1. The fourth-order valence-corrected chi connectivity index (χ4v) is 5.30. The van der Waals surface area contributed by atoms with Crippen LogP contribution < -0.4 is 10.6 Å². The van der Waals surface area contributed by atoms with Gasteiger partial charge in [0, 0.05) is 31.7 Å². The fraction of sp³-hybridized carbons (Fsp3) is 0.257. The quantitative estimate of drug-likeness (QED) is 0.192. The summed E-state index contributed by atoms with van der Waals surface area (Å²) in [5.74, 6) is -4.30. The minimum atomic E-state index is -1.44. The van der Waals surface area contributed by atoms with Gasteiger partial charge in [0.2, 0.25) is 5.82 Å². The predicted octanol–water partition coefficient (Wildman–Crippen LogP) is 6.57. The first-order valence-corrected chi connectivity index (χ1v) is 14.7. The molecule has 0 bridgehead atoms. The molecule has 0 aliphatic carbocycles. The first-order valence-electron chi connectivity index (χ1n) is 14.7. The summed E-state index contributed by atoms with van der Waals surface area (Å²) in [5, 5.41) is 15.2. The highest BCUT2D eigenvalue weighted by Crippen LogP contribution is 2.28. The molecule has 0 saturated carbocycles. The monoisotopic (exact) mass is 599 g/mol. The lowest BCUT2D eigenvalue weighted by Crippen LogP contribution is -2.39. The van der Waals surface area contributed by atoms with Gasteiger partial charge in [-0.1, -0.05) is 72.8 Å². The first kappa shape index (κ1) is 30.7. The Bertz CT molecular complexity index is 1570. The van der Waals surface area contributed by atoms with Crippen LogP contribution in [0.4, 0.5) is 19.3 Å². The van der Waals surface area contributed by atoms with E-state index in [-0.39, 0.29) is 18.2 Å². The standard InChI is InChI=1S/C35H35F2N3O4/c36-30-15-14-29(33(41)32(30)37)34(42)38-20-16-24-10-12-25(13-11-24)17-21-40-22-18-27(19-23-40)44-35(43)39-31-9-5-4-8-28(31)26-6-2-1-3-7-26/h1-15,27,41H,16-23H2,(H,38,42)(H,39,43). The van der Waals surface area contributed by atoms with Crippen molar-refractivity contribution < 1.29 is 28.2 Å². The van der Waals surface area contributed by atoms with Gasteiger partial charge < -0.3 is 20.1 Å². The van der Waals surface area contributed by atoms with Crippen molar-refractivity contribution in [2.24, 2.45) is 0 Å². The van der Waals surface area contributed by atoms with Crippen molar-refractivity contribution in [3.05, 3.63) is 119 Å². The summed E-state index contributed by atoms with van der Waals surface area (Å²) in [6.07, 6.45) is 2.43. The molecule has 4 aromatic carbocycles. The van der Waals surface area contributed by atoms with Crippen molar-refractivity contribution in [3.8, 4) is 16.9 Å². The molecular formula is C35H35F2N3O4. The Labute approximate surface area is 255 Å². The number of phenols is 1. The smallest absolute Gasteiger partial charge is 0.411 e. The zero-order chi connectivity index (χ0) is 30.9. The lowest BCUT2D eigenvalue weighted by atomic mass is 10.0. The molecule has 0 spiro atoms. The van der Waals surface area contributed by atoms with Crippen LogP contribution in [-0.4, -0.2) is 54.3 Å². The molecule has 0 atom stereocenters. The molecule has 1 fully saturated rings. The number of halogens is 2. The summed E-state index contributed by atoms with van der Waals surface area (Å²) in [6, 6.07) is 27.6. The Morgan fingerprint density at radius 1 is 0.841 bits per heavy atom. The van der Waals surface area contributed by atoms with Crippen LogP contribution in [-0.2, 0) is 17.6 Å². The van der Waals surface area contributed by atoms with E-state index in [2.05, 4.69) is 27.7 Å². The first-order chi connectivity index (χ1) is 21.4. The van der Waals surface area contributed by atoms with Crippen LogP contribution in [0.3, 0.4) is 0 Å². The van der Waals surface area contributed by atoms with Crippen LogP contribution in [0.25, 0.3) is 11.1 Å². The number of benzene rings is 4. The number of rotatable bonds is 10. The average Bonchev–Trinajstić information content (AvgIpc) is 3.04. The second kappa shape index (κ2) is 14.6. The van der Waals surface area contributed by atoms with Gasteiger partial charge in [0.05, 0.1) is 11.3 Å². The van der Waals surface area contributed by atoms with Gasteiger partial charge in [-0.05, 0) is 60.6 Å². The summed E-state index contributed by atoms with van der Waals surface area (Å²) in [6.45, 7) is 2.88. The summed E-state index contributed by atoms with van der Waals surface area (Å²) >= 11 is 0.